The van der Waals surface area contributed by atoms with Crippen LogP contribution in [0, 0.1) is 5.82 Å². The number of benzene rings is 1. The zero-order valence-corrected chi connectivity index (χ0v) is 11.5. The summed E-state index contributed by atoms with van der Waals surface area (Å²) in [5.41, 5.74) is 2.51. The van der Waals surface area contributed by atoms with Crippen LogP contribution in [0.3, 0.4) is 0 Å². The van der Waals surface area contributed by atoms with Crippen LogP contribution in [-0.4, -0.2) is 20.3 Å². The average molecular weight is 276 g/mol. The van der Waals surface area contributed by atoms with Gasteiger partial charge in [0, 0.05) is 6.54 Å². The molecule has 2 N–H and O–H groups in total. The van der Waals surface area contributed by atoms with E-state index in [1.54, 1.807) is 6.07 Å². The van der Waals surface area contributed by atoms with Crippen LogP contribution in [0.15, 0.2) is 18.2 Å². The van der Waals surface area contributed by atoms with Gasteiger partial charge in [-0.3, -0.25) is 0 Å². The molecule has 0 radical (unpaired) electrons. The third-order valence-electron chi connectivity index (χ3n) is 2.97. The van der Waals surface area contributed by atoms with E-state index in [0.717, 1.165) is 24.2 Å². The predicted molar refractivity (Wildman–Crippen MR) is 74.0 cm³/mol. The molecule has 0 unspecified atom stereocenters. The molecule has 1 aromatic carbocycles. The fourth-order valence-corrected chi connectivity index (χ4v) is 1.85. The largest absolute Gasteiger partial charge is 0.505 e. The summed E-state index contributed by atoms with van der Waals surface area (Å²) in [6, 6.07) is 4.24. The number of aromatic hydroxyl groups is 1. The zero-order chi connectivity index (χ0) is 14.5. The second-order valence-electron chi connectivity index (χ2n) is 4.38. The van der Waals surface area contributed by atoms with Gasteiger partial charge < -0.3 is 10.4 Å². The minimum atomic E-state index is -0.640. The van der Waals surface area contributed by atoms with Crippen LogP contribution >= 0.6 is 0 Å². The van der Waals surface area contributed by atoms with E-state index in [1.807, 2.05) is 13.8 Å². The normalized spacial score (nSPS) is 10.6. The zero-order valence-electron chi connectivity index (χ0n) is 11.5. The van der Waals surface area contributed by atoms with E-state index >= 15 is 0 Å². The summed E-state index contributed by atoms with van der Waals surface area (Å²) in [7, 11) is 0. The molecule has 106 valence electrons. The average Bonchev–Trinajstić information content (AvgIpc) is 2.48. The predicted octanol–water partition coefficient (Wildman–Crippen LogP) is 2.45. The van der Waals surface area contributed by atoms with Gasteiger partial charge in [-0.05, 0) is 30.5 Å². The van der Waals surface area contributed by atoms with E-state index < -0.39 is 5.82 Å². The van der Waals surface area contributed by atoms with Gasteiger partial charge >= 0.3 is 0 Å². The van der Waals surface area contributed by atoms with Gasteiger partial charge in [0.25, 0.3) is 0 Å². The van der Waals surface area contributed by atoms with Crippen LogP contribution in [-0.2, 0) is 19.4 Å². The number of halogens is 1. The summed E-state index contributed by atoms with van der Waals surface area (Å²) in [4.78, 5) is 4.39. The number of nitrogens with one attached hydrogen (secondary N) is 1. The Morgan fingerprint density at radius 1 is 1.15 bits per heavy atom. The Morgan fingerprint density at radius 2 is 1.90 bits per heavy atom. The lowest BCUT2D eigenvalue weighted by Crippen LogP contribution is -2.09. The Morgan fingerprint density at radius 3 is 2.55 bits per heavy atom. The summed E-state index contributed by atoms with van der Waals surface area (Å²) in [6.45, 7) is 4.40. The van der Waals surface area contributed by atoms with Crippen LogP contribution in [0.25, 0.3) is 0 Å². The first kappa shape index (κ1) is 14.2. The highest BCUT2D eigenvalue weighted by atomic mass is 19.1. The molecule has 0 saturated heterocycles. The summed E-state index contributed by atoms with van der Waals surface area (Å²) in [5.74, 6) is -0.571. The van der Waals surface area contributed by atoms with Crippen molar-refractivity contribution in [3.05, 3.63) is 41.0 Å². The fraction of sp³-hybridized carbons (Fsp3) is 0.357. The summed E-state index contributed by atoms with van der Waals surface area (Å²) >= 11 is 0. The first-order valence-electron chi connectivity index (χ1n) is 6.57. The van der Waals surface area contributed by atoms with E-state index in [0.29, 0.717) is 18.1 Å². The minimum absolute atomic E-state index is 0.354. The molecule has 6 heteroatoms. The van der Waals surface area contributed by atoms with E-state index in [2.05, 4.69) is 20.5 Å². The van der Waals surface area contributed by atoms with Gasteiger partial charge in [-0.15, -0.1) is 5.10 Å². The number of anilines is 1. The Hall–Kier alpha value is -2.24. The maximum Gasteiger partial charge on any atom is 0.243 e. The van der Waals surface area contributed by atoms with Gasteiger partial charge in [-0.1, -0.05) is 19.9 Å². The number of aryl methyl sites for hydroxylation is 2. The Kier molecular flexibility index (Phi) is 4.45. The molecule has 20 heavy (non-hydrogen) atoms. The summed E-state index contributed by atoms with van der Waals surface area (Å²) in [6.07, 6.45) is 1.59. The molecular weight excluding hydrogens is 259 g/mol. The number of nitrogens with zero attached hydrogens (tertiary/aromatic N) is 3. The van der Waals surface area contributed by atoms with Gasteiger partial charge in [0.2, 0.25) is 5.95 Å². The lowest BCUT2D eigenvalue weighted by molar-refractivity contribution is 0.432. The third kappa shape index (κ3) is 3.20. The van der Waals surface area contributed by atoms with Crippen LogP contribution in [0.2, 0.25) is 0 Å². The molecule has 2 aromatic rings. The minimum Gasteiger partial charge on any atom is -0.505 e. The van der Waals surface area contributed by atoms with Gasteiger partial charge in [-0.2, -0.15) is 5.10 Å². The van der Waals surface area contributed by atoms with Crippen molar-refractivity contribution >= 4 is 5.95 Å². The van der Waals surface area contributed by atoms with Crippen molar-refractivity contribution in [1.82, 2.24) is 15.2 Å². The fourth-order valence-electron chi connectivity index (χ4n) is 1.85. The molecule has 0 atom stereocenters. The van der Waals surface area contributed by atoms with Crippen molar-refractivity contribution in [3.63, 3.8) is 0 Å². The van der Waals surface area contributed by atoms with Crippen molar-refractivity contribution in [2.24, 2.45) is 0 Å². The number of phenolic OH excluding ortho intramolecular Hbond substituents is 1. The Balaban J connectivity index is 2.08. The van der Waals surface area contributed by atoms with Crippen LogP contribution in [0.5, 0.6) is 5.75 Å². The number of hydrogen-bond donors (Lipinski definition) is 2. The van der Waals surface area contributed by atoms with Crippen LogP contribution in [0.1, 0.15) is 30.8 Å². The molecule has 0 aliphatic heterocycles. The maximum atomic E-state index is 13.2. The second-order valence-corrected chi connectivity index (χ2v) is 4.38. The molecule has 0 bridgehead atoms. The van der Waals surface area contributed by atoms with Crippen LogP contribution < -0.4 is 5.32 Å². The van der Waals surface area contributed by atoms with Gasteiger partial charge in [0.15, 0.2) is 11.6 Å². The molecule has 0 spiro atoms. The van der Waals surface area contributed by atoms with Crippen molar-refractivity contribution in [2.45, 2.75) is 33.2 Å². The topological polar surface area (TPSA) is 70.9 Å². The van der Waals surface area contributed by atoms with Gasteiger partial charge in [0.05, 0.1) is 11.4 Å². The molecule has 0 fully saturated rings. The molecule has 1 aromatic heterocycles. The molecule has 0 amide bonds. The quantitative estimate of drug-likeness (QED) is 0.877. The maximum absolute atomic E-state index is 13.2. The molecule has 0 saturated carbocycles. The lowest BCUT2D eigenvalue weighted by atomic mass is 10.2. The first-order chi connectivity index (χ1) is 9.63. The highest BCUT2D eigenvalue weighted by Crippen LogP contribution is 2.16. The highest BCUT2D eigenvalue weighted by Gasteiger charge is 2.06. The van der Waals surface area contributed by atoms with Crippen molar-refractivity contribution in [1.29, 1.82) is 0 Å². The van der Waals surface area contributed by atoms with E-state index in [9.17, 15) is 4.39 Å². The molecular formula is C14H17FN4O. The van der Waals surface area contributed by atoms with E-state index in [4.69, 9.17) is 5.11 Å². The molecule has 2 rings (SSSR count). The first-order valence-corrected chi connectivity index (χ1v) is 6.57. The summed E-state index contributed by atoms with van der Waals surface area (Å²) in [5, 5.41) is 20.2. The number of hydrogen-bond acceptors (Lipinski definition) is 5. The summed E-state index contributed by atoms with van der Waals surface area (Å²) < 4.78 is 13.2. The standard InChI is InChI=1S/C14H17FN4O/c1-3-11-12(4-2)18-19-14(17-11)16-8-9-5-6-13(20)10(15)7-9/h5-7,20H,3-4,8H2,1-2H3,(H,16,17,19). The number of phenols is 1. The molecule has 5 nitrogen and oxygen atoms in total. The van der Waals surface area contributed by atoms with Crippen molar-refractivity contribution in [3.8, 4) is 5.75 Å². The monoisotopic (exact) mass is 276 g/mol. The van der Waals surface area contributed by atoms with Crippen molar-refractivity contribution < 1.29 is 9.50 Å². The third-order valence-corrected chi connectivity index (χ3v) is 2.97. The van der Waals surface area contributed by atoms with E-state index in [-0.39, 0.29) is 5.75 Å². The van der Waals surface area contributed by atoms with Crippen LogP contribution in [0.4, 0.5) is 10.3 Å². The Bertz CT molecular complexity index is 604. The molecule has 1 heterocycles. The lowest BCUT2D eigenvalue weighted by Gasteiger charge is -2.08. The molecule has 0 aliphatic rings. The number of rotatable bonds is 5. The highest BCUT2D eigenvalue weighted by molar-refractivity contribution is 5.32. The SMILES string of the molecule is CCc1nnc(NCc2ccc(O)c(F)c2)nc1CC. The number of aromatic nitrogens is 3. The van der Waals surface area contributed by atoms with Gasteiger partial charge in [-0.25, -0.2) is 9.37 Å². The van der Waals surface area contributed by atoms with Crippen molar-refractivity contribution in [2.75, 3.05) is 5.32 Å². The van der Waals surface area contributed by atoms with E-state index in [1.165, 1.54) is 12.1 Å². The second kappa shape index (κ2) is 6.27. The molecule has 0 aliphatic carbocycles. The smallest absolute Gasteiger partial charge is 0.243 e. The Labute approximate surface area is 116 Å². The van der Waals surface area contributed by atoms with Gasteiger partial charge in [0.1, 0.15) is 0 Å².